The van der Waals surface area contributed by atoms with E-state index in [0.717, 1.165) is 17.0 Å². The molecule has 0 saturated carbocycles. The molecule has 3 aromatic carbocycles. The van der Waals surface area contributed by atoms with Crippen LogP contribution in [0.3, 0.4) is 0 Å². The number of carboxylic acid groups (broad SMARTS) is 1. The number of anilines is 1. The number of rotatable bonds is 5. The van der Waals surface area contributed by atoms with E-state index in [0.29, 0.717) is 0 Å². The Hall–Kier alpha value is -4.99. The number of benzene rings is 3. The van der Waals surface area contributed by atoms with Gasteiger partial charge in [-0.15, -0.1) is 0 Å². The molecule has 1 unspecified atom stereocenters. The average molecular weight is 460 g/mol. The number of Topliss-reactive ketones (excluding diaryl/α,β-unsaturated/α-hetero) is 1. The van der Waals surface area contributed by atoms with Gasteiger partial charge in [-0.1, -0.05) is 30.3 Å². The van der Waals surface area contributed by atoms with E-state index in [1.807, 2.05) is 0 Å². The summed E-state index contributed by atoms with van der Waals surface area (Å²) in [5.74, 6) is -4.50. The molecule has 0 radical (unpaired) electrons. The van der Waals surface area contributed by atoms with Gasteiger partial charge in [0.05, 0.1) is 16.5 Å². The van der Waals surface area contributed by atoms with Crippen LogP contribution >= 0.6 is 0 Å². The number of carbonyl (C=O) groups is 3. The number of phenols is 1. The molecular weight excluding hydrogens is 444 g/mol. The normalized spacial score (nSPS) is 17.1. The number of carbonyl (C=O) groups excluding carboxylic acids is 2. The summed E-state index contributed by atoms with van der Waals surface area (Å²) in [7, 11) is 0. The summed E-state index contributed by atoms with van der Waals surface area (Å²) in [5, 5.41) is 41.3. The van der Waals surface area contributed by atoms with Crippen LogP contribution in [-0.4, -0.2) is 37.9 Å². The molecule has 4 rings (SSSR count). The molecule has 0 aromatic heterocycles. The molecule has 3 aromatic rings. The first-order valence-electron chi connectivity index (χ1n) is 9.87. The number of ketones is 1. The Labute approximate surface area is 191 Å². The smallest absolute Gasteiger partial charge is 0.339 e. The number of nitro benzene ring substituents is 1. The molecule has 1 saturated heterocycles. The highest BCUT2D eigenvalue weighted by Gasteiger charge is 2.47. The number of aliphatic hydroxyl groups is 1. The molecule has 1 aliphatic heterocycles. The van der Waals surface area contributed by atoms with Crippen LogP contribution in [-0.2, 0) is 9.59 Å². The predicted octanol–water partition coefficient (Wildman–Crippen LogP) is 3.62. The lowest BCUT2D eigenvalue weighted by molar-refractivity contribution is -0.384. The zero-order chi connectivity index (χ0) is 24.6. The Morgan fingerprint density at radius 3 is 2.18 bits per heavy atom. The Morgan fingerprint density at radius 2 is 1.59 bits per heavy atom. The van der Waals surface area contributed by atoms with Gasteiger partial charge in [0.15, 0.2) is 0 Å². The van der Waals surface area contributed by atoms with E-state index in [1.54, 1.807) is 30.3 Å². The monoisotopic (exact) mass is 460 g/mol. The van der Waals surface area contributed by atoms with Gasteiger partial charge in [0.25, 0.3) is 17.4 Å². The van der Waals surface area contributed by atoms with Gasteiger partial charge in [-0.3, -0.25) is 24.6 Å². The number of nitrogens with zero attached hydrogens (tertiary/aromatic N) is 2. The number of hydrogen-bond acceptors (Lipinski definition) is 7. The maximum absolute atomic E-state index is 13.1. The van der Waals surface area contributed by atoms with Gasteiger partial charge in [-0.05, 0) is 35.9 Å². The third kappa shape index (κ3) is 3.73. The van der Waals surface area contributed by atoms with Crippen molar-refractivity contribution in [1.82, 2.24) is 0 Å². The number of aliphatic hydroxyl groups excluding tert-OH is 1. The third-order valence-electron chi connectivity index (χ3n) is 5.40. The summed E-state index contributed by atoms with van der Waals surface area (Å²) >= 11 is 0. The Kier molecular flexibility index (Phi) is 5.56. The molecule has 10 nitrogen and oxygen atoms in total. The lowest BCUT2D eigenvalue weighted by Crippen LogP contribution is -2.29. The molecule has 1 heterocycles. The Morgan fingerprint density at radius 1 is 0.941 bits per heavy atom. The molecular formula is C24H16N2O8. The second-order valence-corrected chi connectivity index (χ2v) is 7.39. The molecule has 1 amide bonds. The molecule has 1 atom stereocenters. The Balaban J connectivity index is 1.96. The van der Waals surface area contributed by atoms with E-state index in [9.17, 15) is 39.8 Å². The van der Waals surface area contributed by atoms with Crippen molar-refractivity contribution in [2.75, 3.05) is 4.90 Å². The zero-order valence-corrected chi connectivity index (χ0v) is 17.3. The van der Waals surface area contributed by atoms with Crippen LogP contribution in [0.5, 0.6) is 5.75 Å². The minimum atomic E-state index is -1.45. The van der Waals surface area contributed by atoms with E-state index in [1.165, 1.54) is 30.3 Å². The van der Waals surface area contributed by atoms with Crippen LogP contribution in [0, 0.1) is 10.1 Å². The van der Waals surface area contributed by atoms with Gasteiger partial charge < -0.3 is 15.3 Å². The SMILES string of the molecule is O=C1C(=O)N(c2ccc(O)c(C(=O)O)c2)C(c2ccc([N+](=O)[O-])cc2)C1=C(O)c1ccccc1. The van der Waals surface area contributed by atoms with E-state index in [4.69, 9.17) is 0 Å². The summed E-state index contributed by atoms with van der Waals surface area (Å²) in [6, 6.07) is 15.3. The summed E-state index contributed by atoms with van der Waals surface area (Å²) in [4.78, 5) is 49.1. The van der Waals surface area contributed by atoms with Crippen molar-refractivity contribution in [2.24, 2.45) is 0 Å². The van der Waals surface area contributed by atoms with Crippen LogP contribution in [0.4, 0.5) is 11.4 Å². The Bertz CT molecular complexity index is 1360. The third-order valence-corrected chi connectivity index (χ3v) is 5.40. The zero-order valence-electron chi connectivity index (χ0n) is 17.3. The number of hydrogen-bond donors (Lipinski definition) is 3. The molecule has 1 fully saturated rings. The fraction of sp³-hybridized carbons (Fsp3) is 0.0417. The van der Waals surface area contributed by atoms with Crippen LogP contribution < -0.4 is 4.90 Å². The van der Waals surface area contributed by atoms with E-state index < -0.39 is 45.7 Å². The van der Waals surface area contributed by atoms with E-state index in [-0.39, 0.29) is 28.1 Å². The average Bonchev–Trinajstić information content (AvgIpc) is 3.10. The predicted molar refractivity (Wildman–Crippen MR) is 119 cm³/mol. The van der Waals surface area contributed by atoms with Crippen molar-refractivity contribution >= 4 is 34.8 Å². The van der Waals surface area contributed by atoms with E-state index in [2.05, 4.69) is 0 Å². The number of amides is 1. The molecule has 170 valence electrons. The molecule has 1 aliphatic rings. The number of aromatic hydroxyl groups is 1. The van der Waals surface area contributed by atoms with Crippen molar-refractivity contribution in [3.05, 3.63) is 105 Å². The van der Waals surface area contributed by atoms with Crippen molar-refractivity contribution in [1.29, 1.82) is 0 Å². The van der Waals surface area contributed by atoms with Crippen LogP contribution in [0.2, 0.25) is 0 Å². The second kappa shape index (κ2) is 8.51. The highest BCUT2D eigenvalue weighted by molar-refractivity contribution is 6.51. The van der Waals surface area contributed by atoms with E-state index >= 15 is 0 Å². The molecule has 0 spiro atoms. The first-order chi connectivity index (χ1) is 16.2. The van der Waals surface area contributed by atoms with Crippen LogP contribution in [0.25, 0.3) is 5.76 Å². The van der Waals surface area contributed by atoms with Crippen molar-refractivity contribution < 1.29 is 34.6 Å². The van der Waals surface area contributed by atoms with Crippen LogP contribution in [0.1, 0.15) is 27.5 Å². The topological polar surface area (TPSA) is 158 Å². The minimum absolute atomic E-state index is 0.0206. The fourth-order valence-electron chi connectivity index (χ4n) is 3.79. The lowest BCUT2D eigenvalue weighted by atomic mass is 9.95. The maximum atomic E-state index is 13.1. The molecule has 0 aliphatic carbocycles. The summed E-state index contributed by atoms with van der Waals surface area (Å²) in [6.07, 6.45) is 0. The number of nitro groups is 1. The van der Waals surface area contributed by atoms with Gasteiger partial charge in [0.1, 0.15) is 17.1 Å². The van der Waals surface area contributed by atoms with Crippen LogP contribution in [0.15, 0.2) is 78.4 Å². The highest BCUT2D eigenvalue weighted by Crippen LogP contribution is 2.43. The van der Waals surface area contributed by atoms with Gasteiger partial charge >= 0.3 is 5.97 Å². The maximum Gasteiger partial charge on any atom is 0.339 e. The summed E-state index contributed by atoms with van der Waals surface area (Å²) in [6.45, 7) is 0. The summed E-state index contributed by atoms with van der Waals surface area (Å²) in [5.41, 5.74) is -0.467. The molecule has 34 heavy (non-hydrogen) atoms. The number of carboxylic acids is 1. The van der Waals surface area contributed by atoms with Gasteiger partial charge in [0.2, 0.25) is 0 Å². The van der Waals surface area contributed by atoms with Crippen molar-refractivity contribution in [3.63, 3.8) is 0 Å². The first-order valence-corrected chi connectivity index (χ1v) is 9.87. The first kappa shape index (κ1) is 22.2. The van der Waals surface area contributed by atoms with Gasteiger partial charge in [0, 0.05) is 23.4 Å². The van der Waals surface area contributed by atoms with Gasteiger partial charge in [-0.25, -0.2) is 4.79 Å². The largest absolute Gasteiger partial charge is 0.507 e. The van der Waals surface area contributed by atoms with Crippen molar-refractivity contribution in [3.8, 4) is 5.75 Å². The highest BCUT2D eigenvalue weighted by atomic mass is 16.6. The molecule has 0 bridgehead atoms. The van der Waals surface area contributed by atoms with Gasteiger partial charge in [-0.2, -0.15) is 0 Å². The molecule has 3 N–H and O–H groups in total. The standard InChI is InChI=1S/C24H16N2O8/c27-18-11-10-16(12-17(18)24(31)32)25-20(13-6-8-15(9-7-13)26(33)34)19(22(29)23(25)30)21(28)14-4-2-1-3-5-14/h1-12,20,27-28H,(H,31,32). The lowest BCUT2D eigenvalue weighted by Gasteiger charge is -2.25. The fourth-order valence-corrected chi connectivity index (χ4v) is 3.79. The van der Waals surface area contributed by atoms with Crippen molar-refractivity contribution in [2.45, 2.75) is 6.04 Å². The summed E-state index contributed by atoms with van der Waals surface area (Å²) < 4.78 is 0. The minimum Gasteiger partial charge on any atom is -0.507 e. The second-order valence-electron chi connectivity index (χ2n) is 7.39. The molecule has 10 heteroatoms. The number of aromatic carboxylic acids is 1. The number of non-ortho nitro benzene ring substituents is 1. The quantitative estimate of drug-likeness (QED) is 0.171.